The van der Waals surface area contributed by atoms with Crippen molar-refractivity contribution < 1.29 is 9.53 Å². The zero-order valence-electron chi connectivity index (χ0n) is 13.2. The summed E-state index contributed by atoms with van der Waals surface area (Å²) in [4.78, 5) is 14.1. The Morgan fingerprint density at radius 2 is 2.10 bits per heavy atom. The predicted molar refractivity (Wildman–Crippen MR) is 80.6 cm³/mol. The molecular formula is C16H30N2O2. The van der Waals surface area contributed by atoms with Crippen LogP contribution in [-0.2, 0) is 9.53 Å². The maximum absolute atomic E-state index is 11.5. The van der Waals surface area contributed by atoms with E-state index in [1.165, 1.54) is 26.4 Å². The Morgan fingerprint density at radius 3 is 2.70 bits per heavy atom. The Morgan fingerprint density at radius 1 is 1.35 bits per heavy atom. The van der Waals surface area contributed by atoms with Crippen molar-refractivity contribution in [2.24, 2.45) is 11.8 Å². The number of methoxy groups -OCH3 is 1. The van der Waals surface area contributed by atoms with Crippen LogP contribution in [0.1, 0.15) is 46.0 Å². The van der Waals surface area contributed by atoms with Gasteiger partial charge in [-0.2, -0.15) is 0 Å². The molecule has 2 rings (SSSR count). The molecule has 20 heavy (non-hydrogen) atoms. The highest BCUT2D eigenvalue weighted by Crippen LogP contribution is 2.29. The van der Waals surface area contributed by atoms with E-state index in [1.54, 1.807) is 0 Å². The highest BCUT2D eigenvalue weighted by atomic mass is 16.5. The minimum absolute atomic E-state index is 0.0676. The van der Waals surface area contributed by atoms with Crippen LogP contribution in [0.25, 0.3) is 0 Å². The molecule has 116 valence electrons. The van der Waals surface area contributed by atoms with Crippen molar-refractivity contribution in [2.75, 3.05) is 26.7 Å². The standard InChI is InChI=1S/C16H30N2O2/c1-4-12(2)18-10-14(8-16(19)20-3)7-15(11-18)17-9-13-5-6-13/h12-15,17H,4-11H2,1-3H3. The minimum atomic E-state index is -0.0676. The maximum Gasteiger partial charge on any atom is 0.305 e. The SMILES string of the molecule is CCC(C)N1CC(CC(=O)OC)CC(NCC2CC2)C1. The number of carbonyl (C=O) groups excluding carboxylic acids is 1. The van der Waals surface area contributed by atoms with E-state index in [4.69, 9.17) is 4.74 Å². The zero-order chi connectivity index (χ0) is 14.5. The van der Waals surface area contributed by atoms with Crippen LogP contribution in [0.2, 0.25) is 0 Å². The van der Waals surface area contributed by atoms with Gasteiger partial charge < -0.3 is 10.1 Å². The molecule has 1 N–H and O–H groups in total. The topological polar surface area (TPSA) is 41.6 Å². The van der Waals surface area contributed by atoms with E-state index in [0.717, 1.165) is 32.0 Å². The molecule has 1 heterocycles. The summed E-state index contributed by atoms with van der Waals surface area (Å²) in [7, 11) is 1.49. The first-order valence-corrected chi connectivity index (χ1v) is 8.16. The molecule has 2 aliphatic rings. The van der Waals surface area contributed by atoms with Crippen molar-refractivity contribution in [1.82, 2.24) is 10.2 Å². The van der Waals surface area contributed by atoms with E-state index in [1.807, 2.05) is 0 Å². The average Bonchev–Trinajstić information content (AvgIpc) is 3.28. The lowest BCUT2D eigenvalue weighted by Gasteiger charge is -2.41. The van der Waals surface area contributed by atoms with Gasteiger partial charge >= 0.3 is 5.97 Å². The van der Waals surface area contributed by atoms with Crippen LogP contribution in [-0.4, -0.2) is 49.7 Å². The molecule has 1 saturated heterocycles. The van der Waals surface area contributed by atoms with Gasteiger partial charge in [0.25, 0.3) is 0 Å². The number of nitrogens with zero attached hydrogens (tertiary/aromatic N) is 1. The van der Waals surface area contributed by atoms with Gasteiger partial charge in [-0.05, 0) is 51.0 Å². The first-order chi connectivity index (χ1) is 9.62. The second-order valence-corrected chi connectivity index (χ2v) is 6.64. The Labute approximate surface area is 123 Å². The molecule has 0 aromatic carbocycles. The van der Waals surface area contributed by atoms with Crippen LogP contribution in [0.5, 0.6) is 0 Å². The van der Waals surface area contributed by atoms with Crippen LogP contribution in [0.4, 0.5) is 0 Å². The predicted octanol–water partition coefficient (Wildman–Crippen LogP) is 2.04. The number of piperidine rings is 1. The third kappa shape index (κ3) is 4.74. The summed E-state index contributed by atoms with van der Waals surface area (Å²) in [5, 5.41) is 3.72. The molecule has 1 aliphatic carbocycles. The smallest absolute Gasteiger partial charge is 0.305 e. The molecular weight excluding hydrogens is 252 g/mol. The first-order valence-electron chi connectivity index (χ1n) is 8.16. The van der Waals surface area contributed by atoms with Crippen LogP contribution in [0.3, 0.4) is 0 Å². The third-order valence-electron chi connectivity index (χ3n) is 4.85. The van der Waals surface area contributed by atoms with E-state index >= 15 is 0 Å². The average molecular weight is 282 g/mol. The van der Waals surface area contributed by atoms with Gasteiger partial charge in [-0.1, -0.05) is 6.92 Å². The highest BCUT2D eigenvalue weighted by Gasteiger charge is 2.31. The largest absolute Gasteiger partial charge is 0.469 e. The Hall–Kier alpha value is -0.610. The molecule has 3 unspecified atom stereocenters. The second-order valence-electron chi connectivity index (χ2n) is 6.64. The lowest BCUT2D eigenvalue weighted by molar-refractivity contribution is -0.142. The molecule has 0 radical (unpaired) electrons. The summed E-state index contributed by atoms with van der Waals surface area (Å²) in [5.41, 5.74) is 0. The number of carbonyl (C=O) groups is 1. The molecule has 1 aliphatic heterocycles. The Kier molecular flexibility index (Phi) is 5.85. The minimum Gasteiger partial charge on any atom is -0.469 e. The molecule has 2 fully saturated rings. The van der Waals surface area contributed by atoms with Crippen molar-refractivity contribution in [1.29, 1.82) is 0 Å². The van der Waals surface area contributed by atoms with Gasteiger partial charge in [0.1, 0.15) is 0 Å². The van der Waals surface area contributed by atoms with Crippen LogP contribution in [0, 0.1) is 11.8 Å². The van der Waals surface area contributed by atoms with Crippen molar-refractivity contribution >= 4 is 5.97 Å². The Bertz CT molecular complexity index is 318. The number of rotatable bonds is 7. The van der Waals surface area contributed by atoms with E-state index in [0.29, 0.717) is 24.4 Å². The molecule has 0 spiro atoms. The number of likely N-dealkylation sites (tertiary alicyclic amines) is 1. The maximum atomic E-state index is 11.5. The van der Waals surface area contributed by atoms with E-state index < -0.39 is 0 Å². The zero-order valence-corrected chi connectivity index (χ0v) is 13.2. The number of ether oxygens (including phenoxy) is 1. The molecule has 1 saturated carbocycles. The number of hydrogen-bond donors (Lipinski definition) is 1. The fraction of sp³-hybridized carbons (Fsp3) is 0.938. The Balaban J connectivity index is 1.87. The second kappa shape index (κ2) is 7.41. The molecule has 3 atom stereocenters. The van der Waals surface area contributed by atoms with Crippen molar-refractivity contribution in [3.63, 3.8) is 0 Å². The highest BCUT2D eigenvalue weighted by molar-refractivity contribution is 5.69. The fourth-order valence-electron chi connectivity index (χ4n) is 3.13. The summed E-state index contributed by atoms with van der Waals surface area (Å²) < 4.78 is 4.84. The first kappa shape index (κ1) is 15.8. The van der Waals surface area contributed by atoms with Gasteiger partial charge in [0.05, 0.1) is 7.11 Å². The van der Waals surface area contributed by atoms with Crippen LogP contribution < -0.4 is 5.32 Å². The molecule has 0 amide bonds. The summed E-state index contributed by atoms with van der Waals surface area (Å²) >= 11 is 0. The number of esters is 1. The van der Waals surface area contributed by atoms with Crippen molar-refractivity contribution in [3.05, 3.63) is 0 Å². The van der Waals surface area contributed by atoms with E-state index in [9.17, 15) is 4.79 Å². The lowest BCUT2D eigenvalue weighted by Crippen LogP contribution is -2.52. The third-order valence-corrected chi connectivity index (χ3v) is 4.85. The summed E-state index contributed by atoms with van der Waals surface area (Å²) in [6.45, 7) is 7.84. The molecule has 0 bridgehead atoms. The van der Waals surface area contributed by atoms with E-state index in [2.05, 4.69) is 24.1 Å². The summed E-state index contributed by atoms with van der Waals surface area (Å²) in [5.74, 6) is 1.27. The monoisotopic (exact) mass is 282 g/mol. The molecule has 4 heteroatoms. The quantitative estimate of drug-likeness (QED) is 0.726. The van der Waals surface area contributed by atoms with E-state index in [-0.39, 0.29) is 5.97 Å². The fourth-order valence-corrected chi connectivity index (χ4v) is 3.13. The van der Waals surface area contributed by atoms with Gasteiger partial charge in [0, 0.05) is 31.6 Å². The number of nitrogens with one attached hydrogen (secondary N) is 1. The van der Waals surface area contributed by atoms with Crippen molar-refractivity contribution in [3.8, 4) is 0 Å². The van der Waals surface area contributed by atoms with Gasteiger partial charge in [0.2, 0.25) is 0 Å². The summed E-state index contributed by atoms with van der Waals surface area (Å²) in [6.07, 6.45) is 5.61. The van der Waals surface area contributed by atoms with Gasteiger partial charge in [0.15, 0.2) is 0 Å². The van der Waals surface area contributed by atoms with Crippen LogP contribution >= 0.6 is 0 Å². The van der Waals surface area contributed by atoms with Gasteiger partial charge in [-0.3, -0.25) is 9.69 Å². The number of hydrogen-bond acceptors (Lipinski definition) is 4. The van der Waals surface area contributed by atoms with Gasteiger partial charge in [-0.25, -0.2) is 0 Å². The lowest BCUT2D eigenvalue weighted by atomic mass is 9.90. The molecule has 0 aromatic heterocycles. The van der Waals surface area contributed by atoms with Gasteiger partial charge in [-0.15, -0.1) is 0 Å². The molecule has 4 nitrogen and oxygen atoms in total. The summed E-state index contributed by atoms with van der Waals surface area (Å²) in [6, 6.07) is 1.13. The molecule has 0 aromatic rings. The van der Waals surface area contributed by atoms with Crippen molar-refractivity contribution in [2.45, 2.75) is 58.0 Å². The normalized spacial score (nSPS) is 29.1. The van der Waals surface area contributed by atoms with Crippen LogP contribution in [0.15, 0.2) is 0 Å².